The maximum absolute atomic E-state index is 5.65. The molecule has 37 heavy (non-hydrogen) atoms. The lowest BCUT2D eigenvalue weighted by Gasteiger charge is -2.32. The Kier molecular flexibility index (Phi) is 22.0. The maximum atomic E-state index is 5.65. The van der Waals surface area contributed by atoms with Gasteiger partial charge in [-0.2, -0.15) is 0 Å². The summed E-state index contributed by atoms with van der Waals surface area (Å²) in [5.74, 6) is 0. The first-order valence-corrected chi connectivity index (χ1v) is 15.9. The number of hydrogen-bond acceptors (Lipinski definition) is 9. The summed E-state index contributed by atoms with van der Waals surface area (Å²) in [6.07, 6.45) is 4.72. The monoisotopic (exact) mass is 560 g/mol. The minimum atomic E-state index is -2.86. The van der Waals surface area contributed by atoms with Crippen molar-refractivity contribution >= 4 is 17.6 Å². The number of hydrogen-bond donors (Lipinski definition) is 0. The second kappa shape index (κ2) is 22.7. The van der Waals surface area contributed by atoms with Crippen LogP contribution in [0.5, 0.6) is 0 Å². The fourth-order valence-electron chi connectivity index (χ4n) is 3.48. The van der Waals surface area contributed by atoms with E-state index in [-0.39, 0.29) is 5.54 Å². The summed E-state index contributed by atoms with van der Waals surface area (Å²) >= 11 is 0. The lowest BCUT2D eigenvalue weighted by atomic mass is 10.1. The van der Waals surface area contributed by atoms with Crippen LogP contribution in [0.3, 0.4) is 0 Å². The summed E-state index contributed by atoms with van der Waals surface area (Å²) in [6, 6.07) is 10.4. The summed E-state index contributed by atoms with van der Waals surface area (Å²) in [5, 5.41) is 0. The molecule has 11 heteroatoms. The van der Waals surface area contributed by atoms with Crippen molar-refractivity contribution in [2.45, 2.75) is 24.8 Å². The van der Waals surface area contributed by atoms with Crippen molar-refractivity contribution < 1.29 is 40.8 Å². The molecule has 0 aliphatic carbocycles. The van der Waals surface area contributed by atoms with Gasteiger partial charge in [-0.1, -0.05) is 43.0 Å². The van der Waals surface area contributed by atoms with Gasteiger partial charge in [0.15, 0.2) is 0 Å². The second-order valence-corrected chi connectivity index (χ2v) is 13.5. The van der Waals surface area contributed by atoms with Crippen molar-refractivity contribution in [3.8, 4) is 0 Å². The van der Waals surface area contributed by atoms with E-state index >= 15 is 0 Å². The summed E-state index contributed by atoms with van der Waals surface area (Å²) in [5.41, 5.74) is 3.13. The maximum Gasteiger partial charge on any atom is 0.529 e. The zero-order chi connectivity index (χ0) is 27.8. The average Bonchev–Trinajstić information content (AvgIpc) is 2.94. The molecule has 1 aromatic rings. The van der Waals surface area contributed by atoms with E-state index in [4.69, 9.17) is 40.8 Å². The first-order chi connectivity index (χ1) is 18.0. The van der Waals surface area contributed by atoms with Crippen LogP contribution in [-0.4, -0.2) is 99.9 Å². The minimum absolute atomic E-state index is 0.243. The van der Waals surface area contributed by atoms with Gasteiger partial charge < -0.3 is 40.8 Å². The summed E-state index contributed by atoms with van der Waals surface area (Å²) in [6.45, 7) is 10.1. The standard InChI is InChI=1S/C15H24O3Si.C11H24O6Si/c1-5-6-12-15(19(16-2,17-3)18-4)13-14-10-8-7-9-11-14;1-5-18(15-9-6-12-2,16-10-7-13-3)17-11-8-14-4/h5,7-11,15H,1,6,12-13H2,2-4H3;5H,1,6-11H2,2-4H3. The van der Waals surface area contributed by atoms with Crippen LogP contribution in [0.4, 0.5) is 0 Å². The Bertz CT molecular complexity index is 640. The van der Waals surface area contributed by atoms with Crippen molar-refractivity contribution in [1.82, 2.24) is 0 Å². The number of allylic oxidation sites excluding steroid dienone is 1. The lowest BCUT2D eigenvalue weighted by molar-refractivity contribution is 0.0232. The Morgan fingerprint density at radius 2 is 1.16 bits per heavy atom. The van der Waals surface area contributed by atoms with E-state index in [0.717, 1.165) is 19.3 Å². The molecule has 0 aromatic heterocycles. The molecular formula is C26H48O9Si2. The third-order valence-corrected chi connectivity index (χ3v) is 10.9. The van der Waals surface area contributed by atoms with Gasteiger partial charge in [0.1, 0.15) is 0 Å². The molecule has 0 aliphatic rings. The Hall–Kier alpha value is -1.23. The average molecular weight is 561 g/mol. The van der Waals surface area contributed by atoms with E-state index in [2.05, 4.69) is 37.4 Å². The topological polar surface area (TPSA) is 83.1 Å². The van der Waals surface area contributed by atoms with E-state index < -0.39 is 17.6 Å². The van der Waals surface area contributed by atoms with Crippen molar-refractivity contribution in [1.29, 1.82) is 0 Å². The molecule has 0 radical (unpaired) electrons. The van der Waals surface area contributed by atoms with E-state index in [0.29, 0.717) is 39.6 Å². The van der Waals surface area contributed by atoms with Gasteiger partial charge in [-0.25, -0.2) is 0 Å². The molecule has 0 saturated heterocycles. The fraction of sp³-hybridized carbons (Fsp3) is 0.615. The molecule has 1 atom stereocenters. The zero-order valence-electron chi connectivity index (χ0n) is 23.6. The lowest BCUT2D eigenvalue weighted by Crippen LogP contribution is -2.48. The van der Waals surface area contributed by atoms with E-state index in [1.807, 2.05) is 12.1 Å². The Morgan fingerprint density at radius 3 is 1.51 bits per heavy atom. The molecule has 0 saturated carbocycles. The van der Waals surface area contributed by atoms with Crippen LogP contribution in [0.1, 0.15) is 18.4 Å². The summed E-state index contributed by atoms with van der Waals surface area (Å²) < 4.78 is 48.6. The number of methoxy groups -OCH3 is 3. The largest absolute Gasteiger partial charge is 0.529 e. The van der Waals surface area contributed by atoms with Gasteiger partial charge in [0.05, 0.1) is 39.6 Å². The normalized spacial score (nSPS) is 12.5. The molecule has 0 heterocycles. The summed E-state index contributed by atoms with van der Waals surface area (Å²) in [7, 11) is 4.37. The molecule has 1 aromatic carbocycles. The van der Waals surface area contributed by atoms with E-state index in [1.54, 1.807) is 48.4 Å². The molecule has 0 N–H and O–H groups in total. The minimum Gasteiger partial charge on any atom is -0.382 e. The predicted octanol–water partition coefficient (Wildman–Crippen LogP) is 4.08. The van der Waals surface area contributed by atoms with Crippen molar-refractivity contribution in [3.63, 3.8) is 0 Å². The van der Waals surface area contributed by atoms with Crippen LogP contribution in [0.15, 0.2) is 55.3 Å². The van der Waals surface area contributed by atoms with Crippen molar-refractivity contribution in [2.75, 3.05) is 82.3 Å². The van der Waals surface area contributed by atoms with Crippen LogP contribution in [0.2, 0.25) is 5.54 Å². The third kappa shape index (κ3) is 14.5. The van der Waals surface area contributed by atoms with Crippen LogP contribution in [0, 0.1) is 0 Å². The van der Waals surface area contributed by atoms with Gasteiger partial charge in [-0.15, -0.1) is 6.58 Å². The van der Waals surface area contributed by atoms with Crippen molar-refractivity contribution in [3.05, 3.63) is 60.8 Å². The number of rotatable bonds is 22. The van der Waals surface area contributed by atoms with Crippen LogP contribution < -0.4 is 0 Å². The van der Waals surface area contributed by atoms with E-state index in [1.165, 1.54) is 5.56 Å². The van der Waals surface area contributed by atoms with Crippen LogP contribution in [-0.2, 0) is 47.2 Å². The highest BCUT2D eigenvalue weighted by atomic mass is 28.4. The van der Waals surface area contributed by atoms with E-state index in [9.17, 15) is 0 Å². The molecule has 0 bridgehead atoms. The molecule has 9 nitrogen and oxygen atoms in total. The van der Waals surface area contributed by atoms with Gasteiger partial charge >= 0.3 is 17.6 Å². The molecule has 0 aliphatic heterocycles. The highest BCUT2D eigenvalue weighted by Gasteiger charge is 2.46. The van der Waals surface area contributed by atoms with Crippen molar-refractivity contribution in [2.24, 2.45) is 0 Å². The summed E-state index contributed by atoms with van der Waals surface area (Å²) in [4.78, 5) is 0. The Balaban J connectivity index is 0.000000702. The second-order valence-electron chi connectivity index (χ2n) is 7.80. The van der Waals surface area contributed by atoms with Crippen LogP contribution in [0.25, 0.3) is 0 Å². The zero-order valence-corrected chi connectivity index (χ0v) is 25.6. The van der Waals surface area contributed by atoms with Gasteiger partial charge in [0.25, 0.3) is 0 Å². The fourth-order valence-corrected chi connectivity index (χ4v) is 7.69. The molecule has 1 rings (SSSR count). The Morgan fingerprint density at radius 1 is 0.703 bits per heavy atom. The van der Waals surface area contributed by atoms with Crippen LogP contribution >= 0.6 is 0 Å². The third-order valence-electron chi connectivity index (χ3n) is 5.42. The molecule has 1 unspecified atom stereocenters. The predicted molar refractivity (Wildman–Crippen MR) is 150 cm³/mol. The number of benzene rings is 1. The molecule has 0 amide bonds. The van der Waals surface area contributed by atoms with Gasteiger partial charge in [-0.05, 0) is 30.5 Å². The van der Waals surface area contributed by atoms with Gasteiger partial charge in [0, 0.05) is 48.2 Å². The molecule has 0 spiro atoms. The highest BCUT2D eigenvalue weighted by Crippen LogP contribution is 2.32. The molecular weight excluding hydrogens is 512 g/mol. The quantitative estimate of drug-likeness (QED) is 0.118. The first kappa shape index (κ1) is 35.8. The number of ether oxygens (including phenoxy) is 3. The van der Waals surface area contributed by atoms with Gasteiger partial charge in [-0.3, -0.25) is 0 Å². The smallest absolute Gasteiger partial charge is 0.382 e. The molecule has 0 fully saturated rings. The van der Waals surface area contributed by atoms with Gasteiger partial charge in [0.2, 0.25) is 0 Å². The Labute approximate surface area is 226 Å². The molecule has 214 valence electrons. The first-order valence-electron chi connectivity index (χ1n) is 12.3. The SMILES string of the molecule is C=CCCC(Cc1ccccc1)[Si](OC)(OC)OC.C=C[Si](OCCOC)(OCCOC)OCCOC. The highest BCUT2D eigenvalue weighted by molar-refractivity contribution is 6.66.